The summed E-state index contributed by atoms with van der Waals surface area (Å²) in [5.41, 5.74) is 0.195. The first-order chi connectivity index (χ1) is 13.0. The van der Waals surface area contributed by atoms with Crippen LogP contribution < -0.4 is 4.90 Å². The lowest BCUT2D eigenvalue weighted by Gasteiger charge is -2.36. The first-order valence-corrected chi connectivity index (χ1v) is 8.35. The van der Waals surface area contributed by atoms with E-state index in [1.807, 2.05) is 4.90 Å². The van der Waals surface area contributed by atoms with E-state index in [0.29, 0.717) is 37.9 Å². The highest BCUT2D eigenvalue weighted by Gasteiger charge is 2.25. The molecule has 2 aromatic carbocycles. The van der Waals surface area contributed by atoms with Crippen molar-refractivity contribution in [1.82, 2.24) is 4.90 Å². The van der Waals surface area contributed by atoms with E-state index in [4.69, 9.17) is 0 Å². The molecule has 1 aliphatic heterocycles. The average molecular weight is 371 g/mol. The Morgan fingerprint density at radius 2 is 1.70 bits per heavy atom. The molecule has 0 aliphatic carbocycles. The second kappa shape index (κ2) is 7.96. The van der Waals surface area contributed by atoms with E-state index in [1.165, 1.54) is 17.0 Å². The van der Waals surface area contributed by atoms with Gasteiger partial charge in [0.25, 0.3) is 5.91 Å². The van der Waals surface area contributed by atoms with Gasteiger partial charge < -0.3 is 9.80 Å². The lowest BCUT2D eigenvalue weighted by atomic mass is 10.1. The molecule has 0 N–H and O–H groups in total. The molecular weight excluding hydrogens is 355 g/mol. The molecule has 0 atom stereocenters. The number of anilines is 1. The zero-order valence-electron chi connectivity index (χ0n) is 14.3. The number of benzene rings is 2. The van der Waals surface area contributed by atoms with Crippen LogP contribution in [0, 0.1) is 28.8 Å². The molecule has 1 fully saturated rings. The molecule has 1 aliphatic rings. The van der Waals surface area contributed by atoms with Crippen LogP contribution >= 0.6 is 0 Å². The largest absolute Gasteiger partial charge is 0.366 e. The van der Waals surface area contributed by atoms with E-state index < -0.39 is 17.5 Å². The summed E-state index contributed by atoms with van der Waals surface area (Å²) in [5, 5.41) is 9.28. The standard InChI is InChI=1S/C20H16F3N3O/c21-16-6-5-14(18(23)12-16)11-15(13-24)20(27)26-9-7-25(8-10-26)19-4-2-1-3-17(19)22/h1-6,11-12H,7-10H2/b15-11+. The van der Waals surface area contributed by atoms with E-state index in [-0.39, 0.29) is 17.0 Å². The maximum Gasteiger partial charge on any atom is 0.264 e. The summed E-state index contributed by atoms with van der Waals surface area (Å²) in [6.45, 7) is 1.43. The number of carbonyl (C=O) groups is 1. The number of amides is 1. The van der Waals surface area contributed by atoms with Gasteiger partial charge in [-0.25, -0.2) is 13.2 Å². The van der Waals surface area contributed by atoms with Crippen molar-refractivity contribution in [3.63, 3.8) is 0 Å². The van der Waals surface area contributed by atoms with Gasteiger partial charge in [0.05, 0.1) is 5.69 Å². The van der Waals surface area contributed by atoms with Crippen LogP contribution in [0.25, 0.3) is 6.08 Å². The van der Waals surface area contributed by atoms with Gasteiger partial charge in [-0.3, -0.25) is 4.79 Å². The average Bonchev–Trinajstić information content (AvgIpc) is 2.67. The second-order valence-electron chi connectivity index (χ2n) is 6.07. The maximum absolute atomic E-state index is 13.9. The first-order valence-electron chi connectivity index (χ1n) is 8.35. The molecule has 1 saturated heterocycles. The van der Waals surface area contributed by atoms with Crippen molar-refractivity contribution in [1.29, 1.82) is 5.26 Å². The molecule has 7 heteroatoms. The number of para-hydroxylation sites is 1. The first kappa shape index (κ1) is 18.5. The number of nitriles is 1. The quantitative estimate of drug-likeness (QED) is 0.614. The molecule has 1 amide bonds. The molecule has 138 valence electrons. The highest BCUT2D eigenvalue weighted by atomic mass is 19.1. The van der Waals surface area contributed by atoms with Crippen molar-refractivity contribution in [2.45, 2.75) is 0 Å². The Morgan fingerprint density at radius 1 is 1.00 bits per heavy atom. The molecule has 0 spiro atoms. The number of hydrogen-bond acceptors (Lipinski definition) is 3. The van der Waals surface area contributed by atoms with Gasteiger partial charge in [0, 0.05) is 37.8 Å². The summed E-state index contributed by atoms with van der Waals surface area (Å²) in [6.07, 6.45) is 1.11. The summed E-state index contributed by atoms with van der Waals surface area (Å²) in [7, 11) is 0. The van der Waals surface area contributed by atoms with Crippen LogP contribution in [0.1, 0.15) is 5.56 Å². The Balaban J connectivity index is 1.71. The third kappa shape index (κ3) is 4.11. The molecule has 0 unspecified atom stereocenters. The minimum Gasteiger partial charge on any atom is -0.366 e. The molecule has 4 nitrogen and oxygen atoms in total. The maximum atomic E-state index is 13.9. The topological polar surface area (TPSA) is 47.3 Å². The van der Waals surface area contributed by atoms with E-state index in [1.54, 1.807) is 24.3 Å². The number of carbonyl (C=O) groups excluding carboxylic acids is 1. The fraction of sp³-hybridized carbons (Fsp3) is 0.200. The van der Waals surface area contributed by atoms with Crippen molar-refractivity contribution in [2.75, 3.05) is 31.1 Å². The Morgan fingerprint density at radius 3 is 2.33 bits per heavy atom. The van der Waals surface area contributed by atoms with Crippen molar-refractivity contribution in [3.05, 3.63) is 71.1 Å². The monoisotopic (exact) mass is 371 g/mol. The zero-order chi connectivity index (χ0) is 19.4. The van der Waals surface area contributed by atoms with E-state index in [2.05, 4.69) is 0 Å². The molecule has 27 heavy (non-hydrogen) atoms. The van der Waals surface area contributed by atoms with Gasteiger partial charge in [-0.15, -0.1) is 0 Å². The summed E-state index contributed by atoms with van der Waals surface area (Å²) in [6, 6.07) is 11.1. The smallest absolute Gasteiger partial charge is 0.264 e. The number of rotatable bonds is 3. The number of hydrogen-bond donors (Lipinski definition) is 0. The minimum atomic E-state index is -0.847. The minimum absolute atomic E-state index is 0.0358. The highest BCUT2D eigenvalue weighted by Crippen LogP contribution is 2.21. The lowest BCUT2D eigenvalue weighted by molar-refractivity contribution is -0.126. The molecule has 2 aromatic rings. The van der Waals surface area contributed by atoms with Crippen LogP contribution in [0.2, 0.25) is 0 Å². The van der Waals surface area contributed by atoms with Gasteiger partial charge in [-0.1, -0.05) is 12.1 Å². The predicted octanol–water partition coefficient (Wildman–Crippen LogP) is 3.36. The van der Waals surface area contributed by atoms with Crippen LogP contribution in [0.3, 0.4) is 0 Å². The van der Waals surface area contributed by atoms with Crippen LogP contribution in [0.4, 0.5) is 18.9 Å². The van der Waals surface area contributed by atoms with Crippen molar-refractivity contribution in [2.24, 2.45) is 0 Å². The molecule has 0 saturated carbocycles. The van der Waals surface area contributed by atoms with E-state index >= 15 is 0 Å². The van der Waals surface area contributed by atoms with Gasteiger partial charge >= 0.3 is 0 Å². The normalized spacial score (nSPS) is 14.8. The zero-order valence-corrected chi connectivity index (χ0v) is 14.3. The molecule has 1 heterocycles. The summed E-state index contributed by atoms with van der Waals surface area (Å²) < 4.78 is 40.6. The van der Waals surface area contributed by atoms with E-state index in [0.717, 1.165) is 12.1 Å². The van der Waals surface area contributed by atoms with Gasteiger partial charge in [-0.05, 0) is 30.3 Å². The van der Waals surface area contributed by atoms with Crippen LogP contribution in [0.15, 0.2) is 48.0 Å². The number of halogens is 3. The van der Waals surface area contributed by atoms with Crippen LogP contribution in [0.5, 0.6) is 0 Å². The Bertz CT molecular complexity index is 928. The van der Waals surface area contributed by atoms with E-state index in [9.17, 15) is 23.2 Å². The summed E-state index contributed by atoms with van der Waals surface area (Å²) >= 11 is 0. The Hall–Kier alpha value is -3.27. The fourth-order valence-electron chi connectivity index (χ4n) is 2.94. The second-order valence-corrected chi connectivity index (χ2v) is 6.07. The summed E-state index contributed by atoms with van der Waals surface area (Å²) in [4.78, 5) is 15.9. The molecule has 0 bridgehead atoms. The molecular formula is C20H16F3N3O. The van der Waals surface area contributed by atoms with Gasteiger partial charge in [-0.2, -0.15) is 5.26 Å². The molecule has 0 aromatic heterocycles. The van der Waals surface area contributed by atoms with Gasteiger partial charge in [0.1, 0.15) is 29.1 Å². The van der Waals surface area contributed by atoms with Crippen molar-refractivity contribution < 1.29 is 18.0 Å². The highest BCUT2D eigenvalue weighted by molar-refractivity contribution is 6.01. The Labute approximate surface area is 154 Å². The molecule has 0 radical (unpaired) electrons. The van der Waals surface area contributed by atoms with Crippen LogP contribution in [-0.4, -0.2) is 37.0 Å². The van der Waals surface area contributed by atoms with Crippen molar-refractivity contribution in [3.8, 4) is 6.07 Å². The fourth-order valence-corrected chi connectivity index (χ4v) is 2.94. The predicted molar refractivity (Wildman–Crippen MR) is 95.1 cm³/mol. The molecule has 3 rings (SSSR count). The lowest BCUT2D eigenvalue weighted by Crippen LogP contribution is -2.49. The summed E-state index contributed by atoms with van der Waals surface area (Å²) in [5.74, 6) is -2.45. The van der Waals surface area contributed by atoms with Gasteiger partial charge in [0.15, 0.2) is 0 Å². The SMILES string of the molecule is N#C/C(=C\c1ccc(F)cc1F)C(=O)N1CCN(c2ccccc2F)CC1. The Kier molecular flexibility index (Phi) is 5.46. The van der Waals surface area contributed by atoms with Gasteiger partial charge in [0.2, 0.25) is 0 Å². The number of piperazine rings is 1. The third-order valence-electron chi connectivity index (χ3n) is 4.37. The third-order valence-corrected chi connectivity index (χ3v) is 4.37. The van der Waals surface area contributed by atoms with Crippen molar-refractivity contribution >= 4 is 17.7 Å². The van der Waals surface area contributed by atoms with Crippen LogP contribution in [-0.2, 0) is 4.79 Å². The number of nitrogens with zero attached hydrogens (tertiary/aromatic N) is 3.